The fourth-order valence-corrected chi connectivity index (χ4v) is 3.91. The van der Waals surface area contributed by atoms with Crippen molar-refractivity contribution in [2.24, 2.45) is 11.5 Å². The highest BCUT2D eigenvalue weighted by molar-refractivity contribution is 7.80. The largest absolute Gasteiger partial charge is 0.508 e. The lowest BCUT2D eigenvalue weighted by Gasteiger charge is -2.29. The number of phenolic OH excluding ortho intramolecular Hbond substituents is 1. The summed E-state index contributed by atoms with van der Waals surface area (Å²) in [5, 5.41) is 24.0. The number of nitrogens with one attached hydrogen (secondary N) is 2. The standard InChI is InChI=1S/C22H31N5O7S/c23-14(11-35)19(30)25-15(7-8-18(24)29)21(32)27-9-1-2-17(27)20(31)26-16(22(33)34)10-12-3-5-13(28)6-4-12/h3-6,14-17,28,35H,1-2,7-11,23H2,(H2,24,29)(H,25,30)(H,26,31)(H,33,34)/t14-,15-,16-,17-/m0/s1. The highest BCUT2D eigenvalue weighted by atomic mass is 32.1. The Morgan fingerprint density at radius 1 is 1.11 bits per heavy atom. The predicted octanol–water partition coefficient (Wildman–Crippen LogP) is -1.50. The van der Waals surface area contributed by atoms with Gasteiger partial charge in [0.2, 0.25) is 23.6 Å². The molecule has 1 aromatic carbocycles. The highest BCUT2D eigenvalue weighted by Gasteiger charge is 2.39. The van der Waals surface area contributed by atoms with Crippen LogP contribution in [0.3, 0.4) is 0 Å². The number of thiol groups is 1. The summed E-state index contributed by atoms with van der Waals surface area (Å²) in [5.41, 5.74) is 11.4. The molecular formula is C22H31N5O7S. The summed E-state index contributed by atoms with van der Waals surface area (Å²) < 4.78 is 0. The maximum absolute atomic E-state index is 13.2. The van der Waals surface area contributed by atoms with Crippen molar-refractivity contribution in [1.82, 2.24) is 15.5 Å². The van der Waals surface area contributed by atoms with E-state index in [-0.39, 0.29) is 37.3 Å². The van der Waals surface area contributed by atoms with Gasteiger partial charge < -0.3 is 37.2 Å². The Morgan fingerprint density at radius 2 is 1.77 bits per heavy atom. The van der Waals surface area contributed by atoms with E-state index in [1.807, 2.05) is 0 Å². The Morgan fingerprint density at radius 3 is 2.34 bits per heavy atom. The molecule has 13 heteroatoms. The number of nitrogens with zero attached hydrogens (tertiary/aromatic N) is 1. The molecule has 0 radical (unpaired) electrons. The maximum Gasteiger partial charge on any atom is 0.326 e. The van der Waals surface area contributed by atoms with Gasteiger partial charge in [-0.15, -0.1) is 0 Å². The fourth-order valence-electron chi connectivity index (χ4n) is 3.74. The van der Waals surface area contributed by atoms with Crippen molar-refractivity contribution in [1.29, 1.82) is 0 Å². The minimum atomic E-state index is -1.26. The summed E-state index contributed by atoms with van der Waals surface area (Å²) in [6, 6.07) is 1.59. The topological polar surface area (TPSA) is 205 Å². The van der Waals surface area contributed by atoms with Crippen LogP contribution in [0.4, 0.5) is 0 Å². The molecule has 1 aliphatic heterocycles. The van der Waals surface area contributed by atoms with Crippen molar-refractivity contribution in [2.75, 3.05) is 12.3 Å². The van der Waals surface area contributed by atoms with E-state index in [2.05, 4.69) is 23.3 Å². The highest BCUT2D eigenvalue weighted by Crippen LogP contribution is 2.20. The number of phenols is 1. The molecule has 1 saturated heterocycles. The van der Waals surface area contributed by atoms with Gasteiger partial charge in [-0.25, -0.2) is 4.79 Å². The normalized spacial score (nSPS) is 17.8. The zero-order valence-corrected chi connectivity index (χ0v) is 19.9. The number of carbonyl (C=O) groups is 5. The molecule has 35 heavy (non-hydrogen) atoms. The van der Waals surface area contributed by atoms with Gasteiger partial charge in [0.1, 0.15) is 23.9 Å². The van der Waals surface area contributed by atoms with Gasteiger partial charge in [0, 0.05) is 25.1 Å². The Balaban J connectivity index is 2.13. The predicted molar refractivity (Wildman–Crippen MR) is 128 cm³/mol. The zero-order chi connectivity index (χ0) is 26.1. The van der Waals surface area contributed by atoms with Crippen LogP contribution in [-0.2, 0) is 30.4 Å². The summed E-state index contributed by atoms with van der Waals surface area (Å²) in [6.45, 7) is 0.216. The molecule has 0 saturated carbocycles. The molecule has 0 unspecified atom stereocenters. The first-order chi connectivity index (χ1) is 16.5. The number of aromatic hydroxyl groups is 1. The minimum Gasteiger partial charge on any atom is -0.508 e. The van der Waals surface area contributed by atoms with E-state index in [0.717, 1.165) is 0 Å². The SMILES string of the molecule is NC(=O)CC[C@H](NC(=O)[C@@H](N)CS)C(=O)N1CCC[C@H]1C(=O)N[C@@H](Cc1ccc(O)cc1)C(=O)O. The van der Waals surface area contributed by atoms with Crippen LogP contribution < -0.4 is 22.1 Å². The number of carboxylic acids is 1. The molecule has 192 valence electrons. The fraction of sp³-hybridized carbons (Fsp3) is 0.500. The van der Waals surface area contributed by atoms with Gasteiger partial charge in [0.25, 0.3) is 0 Å². The van der Waals surface area contributed by atoms with Crippen molar-refractivity contribution >= 4 is 42.2 Å². The number of amides is 4. The second kappa shape index (κ2) is 13.0. The summed E-state index contributed by atoms with van der Waals surface area (Å²) >= 11 is 3.96. The van der Waals surface area contributed by atoms with Crippen molar-refractivity contribution in [2.45, 2.75) is 56.3 Å². The Kier molecular flexibility index (Phi) is 10.3. The van der Waals surface area contributed by atoms with Gasteiger partial charge in [-0.05, 0) is 37.0 Å². The van der Waals surface area contributed by atoms with Gasteiger partial charge in [0.05, 0.1) is 6.04 Å². The Labute approximate surface area is 207 Å². The Hall–Kier alpha value is -3.32. The number of primary amides is 1. The second-order valence-electron chi connectivity index (χ2n) is 8.31. The average Bonchev–Trinajstić information content (AvgIpc) is 3.31. The van der Waals surface area contributed by atoms with E-state index >= 15 is 0 Å². The Bertz CT molecular complexity index is 943. The molecular weight excluding hydrogens is 478 g/mol. The number of hydrogen-bond acceptors (Lipinski definition) is 8. The summed E-state index contributed by atoms with van der Waals surface area (Å²) in [6.07, 6.45) is 0.511. The maximum atomic E-state index is 13.2. The third kappa shape index (κ3) is 8.14. The van der Waals surface area contributed by atoms with Crippen LogP contribution in [0.25, 0.3) is 0 Å². The van der Waals surface area contributed by atoms with Crippen LogP contribution in [0.15, 0.2) is 24.3 Å². The molecule has 1 heterocycles. The quantitative estimate of drug-likeness (QED) is 0.165. The average molecular weight is 510 g/mol. The molecule has 2 rings (SSSR count). The molecule has 0 aliphatic carbocycles. The summed E-state index contributed by atoms with van der Waals surface area (Å²) in [4.78, 5) is 62.8. The van der Waals surface area contributed by atoms with Gasteiger partial charge in [-0.1, -0.05) is 12.1 Å². The van der Waals surface area contributed by atoms with E-state index in [9.17, 15) is 34.2 Å². The molecule has 4 amide bonds. The molecule has 1 aromatic rings. The molecule has 0 aromatic heterocycles. The number of hydrogen-bond donors (Lipinski definition) is 7. The van der Waals surface area contributed by atoms with Gasteiger partial charge in [-0.2, -0.15) is 12.6 Å². The van der Waals surface area contributed by atoms with Gasteiger partial charge in [-0.3, -0.25) is 19.2 Å². The third-order valence-electron chi connectivity index (χ3n) is 5.66. The van der Waals surface area contributed by atoms with Crippen LogP contribution in [0.5, 0.6) is 5.75 Å². The van der Waals surface area contributed by atoms with Gasteiger partial charge >= 0.3 is 5.97 Å². The first kappa shape index (κ1) is 27.9. The van der Waals surface area contributed by atoms with E-state index < -0.39 is 53.8 Å². The number of likely N-dealkylation sites (tertiary alicyclic amines) is 1. The second-order valence-corrected chi connectivity index (χ2v) is 8.68. The first-order valence-corrected chi connectivity index (χ1v) is 11.7. The van der Waals surface area contributed by atoms with Crippen LogP contribution in [-0.4, -0.2) is 81.2 Å². The van der Waals surface area contributed by atoms with Gasteiger partial charge in [0.15, 0.2) is 0 Å². The molecule has 12 nitrogen and oxygen atoms in total. The molecule has 8 N–H and O–H groups in total. The summed E-state index contributed by atoms with van der Waals surface area (Å²) in [5.74, 6) is -3.72. The van der Waals surface area contributed by atoms with Crippen LogP contribution >= 0.6 is 12.6 Å². The van der Waals surface area contributed by atoms with Crippen LogP contribution in [0, 0.1) is 0 Å². The van der Waals surface area contributed by atoms with E-state index in [1.54, 1.807) is 12.1 Å². The number of carboxylic acid groups (broad SMARTS) is 1. The van der Waals surface area contributed by atoms with Crippen molar-refractivity contribution in [3.63, 3.8) is 0 Å². The number of benzene rings is 1. The lowest BCUT2D eigenvalue weighted by atomic mass is 10.0. The van der Waals surface area contributed by atoms with Crippen LogP contribution in [0.2, 0.25) is 0 Å². The van der Waals surface area contributed by atoms with E-state index in [0.29, 0.717) is 18.4 Å². The lowest BCUT2D eigenvalue weighted by molar-refractivity contribution is -0.145. The third-order valence-corrected chi connectivity index (χ3v) is 6.05. The number of rotatable bonds is 12. The molecule has 0 spiro atoms. The van der Waals surface area contributed by atoms with E-state index in [4.69, 9.17) is 11.5 Å². The lowest BCUT2D eigenvalue weighted by Crippen LogP contribution is -2.57. The number of aliphatic carboxylic acids is 1. The number of nitrogens with two attached hydrogens (primary N) is 2. The van der Waals surface area contributed by atoms with Crippen molar-refractivity contribution in [3.8, 4) is 5.75 Å². The van der Waals surface area contributed by atoms with Crippen molar-refractivity contribution < 1.29 is 34.2 Å². The van der Waals surface area contributed by atoms with Crippen molar-refractivity contribution in [3.05, 3.63) is 29.8 Å². The smallest absolute Gasteiger partial charge is 0.326 e. The monoisotopic (exact) mass is 509 g/mol. The summed E-state index contributed by atoms with van der Waals surface area (Å²) in [7, 11) is 0. The molecule has 1 aliphatic rings. The zero-order valence-electron chi connectivity index (χ0n) is 19.1. The minimum absolute atomic E-state index is 0.0260. The van der Waals surface area contributed by atoms with E-state index in [1.165, 1.54) is 17.0 Å². The first-order valence-electron chi connectivity index (χ1n) is 11.1. The molecule has 4 atom stereocenters. The molecule has 0 bridgehead atoms. The van der Waals surface area contributed by atoms with Crippen LogP contribution in [0.1, 0.15) is 31.2 Å². The molecule has 1 fully saturated rings. The number of carbonyl (C=O) groups excluding carboxylic acids is 4.